The third kappa shape index (κ3) is 20.3. The minimum atomic E-state index is -3.41. The number of amides is 2. The first-order chi connectivity index (χ1) is 14.5. The molecule has 0 fully saturated rings. The molecule has 32 heavy (non-hydrogen) atoms. The van der Waals surface area contributed by atoms with E-state index in [0.29, 0.717) is 39.0 Å². The predicted molar refractivity (Wildman–Crippen MR) is 124 cm³/mol. The average Bonchev–Trinajstić information content (AvgIpc) is 2.59. The van der Waals surface area contributed by atoms with Crippen molar-refractivity contribution in [1.29, 1.82) is 0 Å². The second-order valence-electron chi connectivity index (χ2n) is 9.08. The van der Waals surface area contributed by atoms with Crippen LogP contribution in [0.25, 0.3) is 0 Å². The van der Waals surface area contributed by atoms with Crippen molar-refractivity contribution in [2.75, 3.05) is 45.6 Å². The van der Waals surface area contributed by atoms with Crippen LogP contribution in [-0.2, 0) is 23.8 Å². The first kappa shape index (κ1) is 32.6. The van der Waals surface area contributed by atoms with Crippen LogP contribution in [0, 0.1) is 0 Å². The summed E-state index contributed by atoms with van der Waals surface area (Å²) in [7, 11) is -3.41. The summed E-state index contributed by atoms with van der Waals surface area (Å²) in [5, 5.41) is 8.65. The lowest BCUT2D eigenvalue weighted by atomic mass is 10.2. The Bertz CT molecular complexity index is 639. The number of aliphatic hydroxyl groups excluding tert-OH is 1. The molecule has 1 N–H and O–H groups in total. The first-order valence-corrected chi connectivity index (χ1v) is 12.7. The summed E-state index contributed by atoms with van der Waals surface area (Å²) < 4.78 is 36.5. The van der Waals surface area contributed by atoms with Gasteiger partial charge in [-0.2, -0.15) is 8.42 Å². The maximum absolute atomic E-state index is 11.7. The summed E-state index contributed by atoms with van der Waals surface area (Å²) in [4.78, 5) is 26.3. The molecule has 0 radical (unpaired) electrons. The van der Waals surface area contributed by atoms with Crippen LogP contribution in [0.1, 0.15) is 68.2 Å². The third-order valence-electron chi connectivity index (χ3n) is 3.52. The van der Waals surface area contributed by atoms with Gasteiger partial charge < -0.3 is 24.4 Å². The van der Waals surface area contributed by atoms with Crippen LogP contribution in [0.15, 0.2) is 0 Å². The molecule has 192 valence electrons. The number of nitrogens with zero attached hydrogens (tertiary/aromatic N) is 2. The van der Waals surface area contributed by atoms with Crippen molar-refractivity contribution >= 4 is 22.3 Å². The van der Waals surface area contributed by atoms with Crippen LogP contribution in [0.4, 0.5) is 9.59 Å². The van der Waals surface area contributed by atoms with Gasteiger partial charge in [0.25, 0.3) is 10.1 Å². The standard InChI is InChI=1S/C11H23NO5S.C10H21NO3/c1-6-12(10(13)17-11(2,3)4)8-7-9-16-18(5,14)15;1-5-11(7-6-8-12)9(13)14-10(2,3)4/h6-9H2,1-5H3;12H,5-8H2,1-4H3. The molecule has 0 bridgehead atoms. The number of ether oxygens (including phenoxy) is 2. The molecule has 0 aliphatic rings. The maximum atomic E-state index is 11.7. The quantitative estimate of drug-likeness (QED) is 0.370. The lowest BCUT2D eigenvalue weighted by Crippen LogP contribution is -2.37. The molecule has 0 aliphatic heterocycles. The third-order valence-corrected chi connectivity index (χ3v) is 4.12. The van der Waals surface area contributed by atoms with Gasteiger partial charge in [0.15, 0.2) is 0 Å². The van der Waals surface area contributed by atoms with Crippen molar-refractivity contribution < 1.29 is 36.8 Å². The fraction of sp³-hybridized carbons (Fsp3) is 0.905. The Morgan fingerprint density at radius 3 is 1.47 bits per heavy atom. The highest BCUT2D eigenvalue weighted by atomic mass is 32.2. The summed E-state index contributed by atoms with van der Waals surface area (Å²) in [6.45, 7) is 16.9. The molecule has 0 saturated heterocycles. The molecule has 11 heteroatoms. The monoisotopic (exact) mass is 484 g/mol. The SMILES string of the molecule is CCN(CCCO)C(=O)OC(C)(C)C.CCN(CCCOS(C)(=O)=O)C(=O)OC(C)(C)C. The summed E-state index contributed by atoms with van der Waals surface area (Å²) in [5.41, 5.74) is -0.989. The predicted octanol–water partition coefficient (Wildman–Crippen LogP) is 3.24. The zero-order valence-corrected chi connectivity index (χ0v) is 22.1. The zero-order chi connectivity index (χ0) is 25.6. The van der Waals surface area contributed by atoms with E-state index in [9.17, 15) is 18.0 Å². The first-order valence-electron chi connectivity index (χ1n) is 10.9. The molecule has 0 heterocycles. The van der Waals surface area contributed by atoms with Crippen molar-refractivity contribution in [2.45, 2.75) is 79.4 Å². The molecule has 0 rings (SSSR count). The molecule has 0 unspecified atom stereocenters. The lowest BCUT2D eigenvalue weighted by molar-refractivity contribution is 0.0241. The smallest absolute Gasteiger partial charge is 0.410 e. The highest BCUT2D eigenvalue weighted by Crippen LogP contribution is 2.11. The Kier molecular flexibility index (Phi) is 15.6. The normalized spacial score (nSPS) is 11.8. The van der Waals surface area contributed by atoms with E-state index in [1.807, 2.05) is 34.6 Å². The van der Waals surface area contributed by atoms with Crippen molar-refractivity contribution in [1.82, 2.24) is 9.80 Å². The summed E-state index contributed by atoms with van der Waals surface area (Å²) >= 11 is 0. The fourth-order valence-electron chi connectivity index (χ4n) is 2.14. The fourth-order valence-corrected chi connectivity index (χ4v) is 2.56. The van der Waals surface area contributed by atoms with E-state index in [1.165, 1.54) is 4.90 Å². The van der Waals surface area contributed by atoms with Crippen molar-refractivity contribution in [2.24, 2.45) is 0 Å². The number of hydrogen-bond acceptors (Lipinski definition) is 8. The van der Waals surface area contributed by atoms with E-state index in [1.54, 1.807) is 25.7 Å². The zero-order valence-electron chi connectivity index (χ0n) is 21.3. The van der Waals surface area contributed by atoms with Crippen LogP contribution >= 0.6 is 0 Å². The number of carbonyl (C=O) groups is 2. The summed E-state index contributed by atoms with van der Waals surface area (Å²) in [5.74, 6) is 0. The molecular weight excluding hydrogens is 440 g/mol. The number of aliphatic hydroxyl groups is 1. The second kappa shape index (κ2) is 15.3. The van der Waals surface area contributed by atoms with E-state index in [4.69, 9.17) is 14.6 Å². The van der Waals surface area contributed by atoms with Gasteiger partial charge in [-0.15, -0.1) is 0 Å². The molecule has 0 aromatic carbocycles. The molecule has 0 saturated carbocycles. The lowest BCUT2D eigenvalue weighted by Gasteiger charge is -2.26. The van der Waals surface area contributed by atoms with E-state index >= 15 is 0 Å². The van der Waals surface area contributed by atoms with Gasteiger partial charge >= 0.3 is 12.2 Å². The molecule has 0 aliphatic carbocycles. The van der Waals surface area contributed by atoms with Crippen LogP contribution in [0.2, 0.25) is 0 Å². The number of carbonyl (C=O) groups excluding carboxylic acids is 2. The van der Waals surface area contributed by atoms with E-state index in [0.717, 1.165) is 6.26 Å². The van der Waals surface area contributed by atoms with Crippen LogP contribution in [0.3, 0.4) is 0 Å². The molecule has 0 aromatic heterocycles. The van der Waals surface area contributed by atoms with Crippen molar-refractivity contribution in [3.63, 3.8) is 0 Å². The van der Waals surface area contributed by atoms with Gasteiger partial charge in [0, 0.05) is 32.8 Å². The Balaban J connectivity index is 0. The minimum Gasteiger partial charge on any atom is -0.444 e. The van der Waals surface area contributed by atoms with Crippen molar-refractivity contribution in [3.05, 3.63) is 0 Å². The van der Waals surface area contributed by atoms with Crippen LogP contribution < -0.4 is 0 Å². The molecule has 2 amide bonds. The van der Waals surface area contributed by atoms with Gasteiger partial charge in [-0.25, -0.2) is 9.59 Å². The molecule has 0 aromatic rings. The van der Waals surface area contributed by atoms with Gasteiger partial charge in [0.1, 0.15) is 11.2 Å². The summed E-state index contributed by atoms with van der Waals surface area (Å²) in [6, 6.07) is 0. The van der Waals surface area contributed by atoms with Gasteiger partial charge in [-0.05, 0) is 68.2 Å². The minimum absolute atomic E-state index is 0.0676. The Morgan fingerprint density at radius 1 is 0.812 bits per heavy atom. The number of hydrogen-bond donors (Lipinski definition) is 1. The Morgan fingerprint density at radius 2 is 1.19 bits per heavy atom. The maximum Gasteiger partial charge on any atom is 0.410 e. The molecule has 0 spiro atoms. The Hall–Kier alpha value is -1.59. The molecule has 0 atom stereocenters. The Labute approximate surface area is 194 Å². The van der Waals surface area contributed by atoms with Crippen LogP contribution in [-0.4, -0.2) is 92.4 Å². The second-order valence-corrected chi connectivity index (χ2v) is 10.7. The topological polar surface area (TPSA) is 123 Å². The van der Waals surface area contributed by atoms with Gasteiger partial charge in [-0.1, -0.05) is 0 Å². The van der Waals surface area contributed by atoms with E-state index in [-0.39, 0.29) is 19.3 Å². The average molecular weight is 485 g/mol. The van der Waals surface area contributed by atoms with Gasteiger partial charge in [-0.3, -0.25) is 4.18 Å². The highest BCUT2D eigenvalue weighted by molar-refractivity contribution is 7.85. The van der Waals surface area contributed by atoms with Gasteiger partial charge in [0.2, 0.25) is 0 Å². The van der Waals surface area contributed by atoms with Crippen LogP contribution in [0.5, 0.6) is 0 Å². The van der Waals surface area contributed by atoms with E-state index in [2.05, 4.69) is 4.18 Å². The molecule has 10 nitrogen and oxygen atoms in total. The van der Waals surface area contributed by atoms with E-state index < -0.39 is 27.4 Å². The summed E-state index contributed by atoms with van der Waals surface area (Å²) in [6.07, 6.45) is 1.32. The highest BCUT2D eigenvalue weighted by Gasteiger charge is 2.21. The van der Waals surface area contributed by atoms with Crippen molar-refractivity contribution in [3.8, 4) is 0 Å². The number of rotatable bonds is 10. The van der Waals surface area contributed by atoms with Gasteiger partial charge in [0.05, 0.1) is 12.9 Å². The molecular formula is C21H44N2O8S. The largest absolute Gasteiger partial charge is 0.444 e.